The predicted octanol–water partition coefficient (Wildman–Crippen LogP) is 2.08. The van der Waals surface area contributed by atoms with Gasteiger partial charge in [-0.3, -0.25) is 9.59 Å². The molecule has 6 heteroatoms. The van der Waals surface area contributed by atoms with Crippen molar-refractivity contribution in [3.05, 3.63) is 29.3 Å². The first kappa shape index (κ1) is 21.2. The molecule has 6 nitrogen and oxygen atoms in total. The minimum Gasteiger partial charge on any atom is -0.484 e. The Morgan fingerprint density at radius 2 is 1.56 bits per heavy atom. The van der Waals surface area contributed by atoms with Crippen molar-refractivity contribution in [1.29, 1.82) is 0 Å². The smallest absolute Gasteiger partial charge is 0.260 e. The van der Waals surface area contributed by atoms with Crippen LogP contribution in [0.25, 0.3) is 0 Å². The van der Waals surface area contributed by atoms with Gasteiger partial charge in [-0.2, -0.15) is 0 Å². The third-order valence-electron chi connectivity index (χ3n) is 5.36. The van der Waals surface area contributed by atoms with E-state index in [1.165, 1.54) is 5.56 Å². The molecule has 0 aromatic heterocycles. The molecule has 0 bridgehead atoms. The molecule has 150 valence electrons. The van der Waals surface area contributed by atoms with E-state index in [0.29, 0.717) is 32.6 Å². The highest BCUT2D eigenvalue weighted by atomic mass is 16.5. The van der Waals surface area contributed by atoms with Gasteiger partial charge in [-0.15, -0.1) is 0 Å². The Morgan fingerprint density at radius 1 is 0.963 bits per heavy atom. The number of nitrogens with zero attached hydrogens (tertiary/aromatic N) is 3. The molecule has 1 heterocycles. The Bertz CT molecular complexity index is 636. The standard InChI is InChI=1S/C21H33N3O3/c1-5-22(6-2)10-9-20(25)23-11-13-24(14-12-23)21(26)16-27-19-8-7-17(3)18(4)15-19/h7-8,15H,5-6,9-14,16H2,1-4H3. The van der Waals surface area contributed by atoms with Crippen molar-refractivity contribution < 1.29 is 14.3 Å². The van der Waals surface area contributed by atoms with E-state index in [4.69, 9.17) is 4.74 Å². The van der Waals surface area contributed by atoms with Crippen LogP contribution in [0.1, 0.15) is 31.4 Å². The minimum atomic E-state index is -0.0246. The zero-order valence-corrected chi connectivity index (χ0v) is 17.2. The zero-order valence-electron chi connectivity index (χ0n) is 17.2. The van der Waals surface area contributed by atoms with Gasteiger partial charge < -0.3 is 19.4 Å². The summed E-state index contributed by atoms with van der Waals surface area (Å²) in [5, 5.41) is 0. The van der Waals surface area contributed by atoms with Crippen LogP contribution >= 0.6 is 0 Å². The maximum absolute atomic E-state index is 12.4. The number of amides is 2. The average Bonchev–Trinajstić information content (AvgIpc) is 2.69. The second kappa shape index (κ2) is 10.3. The van der Waals surface area contributed by atoms with Gasteiger partial charge in [0.1, 0.15) is 5.75 Å². The normalized spacial score (nSPS) is 14.6. The van der Waals surface area contributed by atoms with Crippen molar-refractivity contribution in [2.75, 3.05) is 52.4 Å². The molecule has 2 rings (SSSR count). The Hall–Kier alpha value is -2.08. The van der Waals surface area contributed by atoms with Crippen LogP contribution in [-0.4, -0.2) is 78.9 Å². The van der Waals surface area contributed by atoms with Crippen molar-refractivity contribution in [2.45, 2.75) is 34.1 Å². The molecule has 1 saturated heterocycles. The molecule has 2 amide bonds. The van der Waals surface area contributed by atoms with E-state index in [2.05, 4.69) is 18.7 Å². The summed E-state index contributed by atoms with van der Waals surface area (Å²) in [6, 6.07) is 5.84. The van der Waals surface area contributed by atoms with Crippen molar-refractivity contribution >= 4 is 11.8 Å². The summed E-state index contributed by atoms with van der Waals surface area (Å²) >= 11 is 0. The second-order valence-corrected chi connectivity index (χ2v) is 7.07. The number of aryl methyl sites for hydroxylation is 2. The van der Waals surface area contributed by atoms with Gasteiger partial charge in [0.25, 0.3) is 5.91 Å². The van der Waals surface area contributed by atoms with Crippen LogP contribution in [0, 0.1) is 13.8 Å². The lowest BCUT2D eigenvalue weighted by atomic mass is 10.1. The molecule has 1 aromatic rings. The molecule has 0 N–H and O–H groups in total. The van der Waals surface area contributed by atoms with Crippen LogP contribution < -0.4 is 4.74 Å². The van der Waals surface area contributed by atoms with Crippen molar-refractivity contribution in [1.82, 2.24) is 14.7 Å². The summed E-state index contributed by atoms with van der Waals surface area (Å²) in [6.07, 6.45) is 0.547. The van der Waals surface area contributed by atoms with E-state index in [1.54, 1.807) is 4.90 Å². The van der Waals surface area contributed by atoms with Gasteiger partial charge in [-0.1, -0.05) is 19.9 Å². The lowest BCUT2D eigenvalue weighted by Gasteiger charge is -2.35. The maximum Gasteiger partial charge on any atom is 0.260 e. The van der Waals surface area contributed by atoms with Crippen LogP contribution in [0.5, 0.6) is 5.75 Å². The summed E-state index contributed by atoms with van der Waals surface area (Å²) in [5.41, 5.74) is 2.35. The molecule has 0 spiro atoms. The molecule has 0 unspecified atom stereocenters. The third-order valence-corrected chi connectivity index (χ3v) is 5.36. The van der Waals surface area contributed by atoms with E-state index < -0.39 is 0 Å². The molecule has 0 saturated carbocycles. The van der Waals surface area contributed by atoms with Crippen molar-refractivity contribution in [2.24, 2.45) is 0 Å². The van der Waals surface area contributed by atoms with Crippen molar-refractivity contribution in [3.63, 3.8) is 0 Å². The number of carbonyl (C=O) groups excluding carboxylic acids is 2. The first-order valence-corrected chi connectivity index (χ1v) is 9.92. The fourth-order valence-electron chi connectivity index (χ4n) is 3.20. The largest absolute Gasteiger partial charge is 0.484 e. The number of hydrogen-bond donors (Lipinski definition) is 0. The van der Waals surface area contributed by atoms with Gasteiger partial charge in [0.15, 0.2) is 6.61 Å². The molecule has 27 heavy (non-hydrogen) atoms. The van der Waals surface area contributed by atoms with Crippen LogP contribution in [0.15, 0.2) is 18.2 Å². The summed E-state index contributed by atoms with van der Waals surface area (Å²) < 4.78 is 5.64. The molecular formula is C21H33N3O3. The van der Waals surface area contributed by atoms with E-state index >= 15 is 0 Å². The lowest BCUT2D eigenvalue weighted by Crippen LogP contribution is -2.52. The molecule has 0 atom stereocenters. The number of carbonyl (C=O) groups is 2. The molecular weight excluding hydrogens is 342 g/mol. The van der Waals surface area contributed by atoms with Crippen molar-refractivity contribution in [3.8, 4) is 5.75 Å². The second-order valence-electron chi connectivity index (χ2n) is 7.07. The fraction of sp³-hybridized carbons (Fsp3) is 0.619. The van der Waals surface area contributed by atoms with Crippen LogP contribution in [0.2, 0.25) is 0 Å². The van der Waals surface area contributed by atoms with Gasteiger partial charge in [0.05, 0.1) is 0 Å². The van der Waals surface area contributed by atoms with Crippen LogP contribution in [0.3, 0.4) is 0 Å². The van der Waals surface area contributed by atoms with E-state index in [0.717, 1.165) is 30.9 Å². The van der Waals surface area contributed by atoms with E-state index in [-0.39, 0.29) is 18.4 Å². The maximum atomic E-state index is 12.4. The quantitative estimate of drug-likeness (QED) is 0.698. The topological polar surface area (TPSA) is 53.1 Å². The number of rotatable bonds is 8. The fourth-order valence-corrected chi connectivity index (χ4v) is 3.20. The Kier molecular flexibility index (Phi) is 8.10. The molecule has 0 radical (unpaired) electrons. The predicted molar refractivity (Wildman–Crippen MR) is 107 cm³/mol. The Morgan fingerprint density at radius 3 is 2.11 bits per heavy atom. The highest BCUT2D eigenvalue weighted by Crippen LogP contribution is 2.16. The average molecular weight is 376 g/mol. The van der Waals surface area contributed by atoms with E-state index in [1.807, 2.05) is 36.9 Å². The van der Waals surface area contributed by atoms with Crippen LogP contribution in [-0.2, 0) is 9.59 Å². The number of piperazine rings is 1. The minimum absolute atomic E-state index is 0.0246. The number of hydrogen-bond acceptors (Lipinski definition) is 4. The Balaban J connectivity index is 1.73. The molecule has 1 aromatic carbocycles. The monoisotopic (exact) mass is 375 g/mol. The SMILES string of the molecule is CCN(CC)CCC(=O)N1CCN(C(=O)COc2ccc(C)c(C)c2)CC1. The van der Waals surface area contributed by atoms with E-state index in [9.17, 15) is 9.59 Å². The summed E-state index contributed by atoms with van der Waals surface area (Å²) in [4.78, 5) is 30.6. The van der Waals surface area contributed by atoms with Gasteiger partial charge in [0, 0.05) is 39.1 Å². The first-order chi connectivity index (χ1) is 12.9. The van der Waals surface area contributed by atoms with Crippen LogP contribution in [0.4, 0.5) is 0 Å². The zero-order chi connectivity index (χ0) is 19.8. The highest BCUT2D eigenvalue weighted by molar-refractivity contribution is 5.79. The number of ether oxygens (including phenoxy) is 1. The lowest BCUT2D eigenvalue weighted by molar-refractivity contribution is -0.140. The molecule has 0 aliphatic carbocycles. The van der Waals surface area contributed by atoms with Gasteiger partial charge in [0.2, 0.25) is 5.91 Å². The third kappa shape index (κ3) is 6.24. The van der Waals surface area contributed by atoms with Gasteiger partial charge >= 0.3 is 0 Å². The molecule has 1 fully saturated rings. The summed E-state index contributed by atoms with van der Waals surface area (Å²) in [5.74, 6) is 0.875. The first-order valence-electron chi connectivity index (χ1n) is 9.92. The summed E-state index contributed by atoms with van der Waals surface area (Å²) in [7, 11) is 0. The molecule has 1 aliphatic heterocycles. The molecule has 1 aliphatic rings. The number of benzene rings is 1. The van der Waals surface area contributed by atoms with Gasteiger partial charge in [-0.25, -0.2) is 0 Å². The van der Waals surface area contributed by atoms with Gasteiger partial charge in [-0.05, 0) is 50.2 Å². The highest BCUT2D eigenvalue weighted by Gasteiger charge is 2.24. The summed E-state index contributed by atoms with van der Waals surface area (Å²) in [6.45, 7) is 13.4. The Labute approximate surface area is 163 Å².